The maximum Gasteiger partial charge on any atom is 0.0300 e. The molecule has 1 rings (SSSR count). The van der Waals surface area contributed by atoms with E-state index in [2.05, 4.69) is 37.1 Å². The van der Waals surface area contributed by atoms with Gasteiger partial charge >= 0.3 is 0 Å². The lowest BCUT2D eigenvalue weighted by atomic mass is 10.1. The van der Waals surface area contributed by atoms with Crippen molar-refractivity contribution < 1.29 is 0 Å². The van der Waals surface area contributed by atoms with Crippen LogP contribution in [0.5, 0.6) is 0 Å². The van der Waals surface area contributed by atoms with Crippen LogP contribution in [0.25, 0.3) is 0 Å². The first-order chi connectivity index (χ1) is 8.22. The van der Waals surface area contributed by atoms with Gasteiger partial charge in [0, 0.05) is 24.2 Å². The lowest BCUT2D eigenvalue weighted by Crippen LogP contribution is -2.34. The molecule has 1 heterocycles. The van der Waals surface area contributed by atoms with Crippen LogP contribution < -0.4 is 5.32 Å². The lowest BCUT2D eigenvalue weighted by molar-refractivity contribution is 0.549. The smallest absolute Gasteiger partial charge is 0.0300 e. The van der Waals surface area contributed by atoms with Gasteiger partial charge in [-0.2, -0.15) is 11.8 Å². The van der Waals surface area contributed by atoms with Gasteiger partial charge in [-0.25, -0.2) is 0 Å². The van der Waals surface area contributed by atoms with E-state index in [1.54, 1.807) is 0 Å². The minimum absolute atomic E-state index is 0.562. The number of nitrogens with one attached hydrogen (secondary N) is 1. The zero-order chi connectivity index (χ0) is 12.5. The average Bonchev–Trinajstić information content (AvgIpc) is 2.34. The monoisotopic (exact) mass is 252 g/mol. The van der Waals surface area contributed by atoms with E-state index in [-0.39, 0.29) is 0 Å². The number of aromatic nitrogens is 1. The summed E-state index contributed by atoms with van der Waals surface area (Å²) in [6.07, 6.45) is 6.07. The van der Waals surface area contributed by atoms with Crippen molar-refractivity contribution in [1.29, 1.82) is 0 Å². The quantitative estimate of drug-likeness (QED) is 0.769. The molecule has 96 valence electrons. The maximum absolute atomic E-state index is 4.18. The standard InChI is InChI=1S/C14H24N2S/c1-4-7-16-14(11-17-12(2)3)9-13-6-5-8-15-10-13/h5-6,8,10,12,14,16H,4,7,9,11H2,1-3H3. The molecule has 1 aromatic heterocycles. The van der Waals surface area contributed by atoms with Gasteiger partial charge in [-0.3, -0.25) is 4.98 Å². The summed E-state index contributed by atoms with van der Waals surface area (Å²) < 4.78 is 0. The number of hydrogen-bond acceptors (Lipinski definition) is 3. The molecule has 0 aliphatic rings. The van der Waals surface area contributed by atoms with Crippen molar-refractivity contribution >= 4 is 11.8 Å². The molecule has 1 unspecified atom stereocenters. The highest BCUT2D eigenvalue weighted by Gasteiger charge is 2.10. The van der Waals surface area contributed by atoms with Crippen LogP contribution in [0.4, 0.5) is 0 Å². The Balaban J connectivity index is 2.44. The first kappa shape index (κ1) is 14.5. The largest absolute Gasteiger partial charge is 0.313 e. The summed E-state index contributed by atoms with van der Waals surface area (Å²) in [5.41, 5.74) is 1.32. The molecule has 1 aromatic rings. The van der Waals surface area contributed by atoms with Gasteiger partial charge in [0.05, 0.1) is 0 Å². The van der Waals surface area contributed by atoms with E-state index >= 15 is 0 Å². The Morgan fingerprint density at radius 2 is 2.24 bits per heavy atom. The molecule has 1 atom stereocenters. The molecular weight excluding hydrogens is 228 g/mol. The number of thioether (sulfide) groups is 1. The summed E-state index contributed by atoms with van der Waals surface area (Å²) in [6, 6.07) is 4.74. The van der Waals surface area contributed by atoms with Gasteiger partial charge < -0.3 is 5.32 Å². The van der Waals surface area contributed by atoms with Crippen LogP contribution in [0.1, 0.15) is 32.8 Å². The Kier molecular flexibility index (Phi) is 7.29. The fourth-order valence-corrected chi connectivity index (χ4v) is 2.50. The van der Waals surface area contributed by atoms with Gasteiger partial charge in [-0.15, -0.1) is 0 Å². The van der Waals surface area contributed by atoms with E-state index in [0.29, 0.717) is 11.3 Å². The van der Waals surface area contributed by atoms with Crippen LogP contribution >= 0.6 is 11.8 Å². The van der Waals surface area contributed by atoms with Crippen molar-refractivity contribution in [3.05, 3.63) is 30.1 Å². The minimum Gasteiger partial charge on any atom is -0.313 e. The highest BCUT2D eigenvalue weighted by Crippen LogP contribution is 2.13. The predicted octanol–water partition coefficient (Wildman–Crippen LogP) is 3.13. The summed E-state index contributed by atoms with van der Waals surface area (Å²) in [6.45, 7) is 7.82. The Hall–Kier alpha value is -0.540. The molecule has 0 saturated heterocycles. The molecular formula is C14H24N2S. The zero-order valence-electron chi connectivity index (χ0n) is 11.1. The lowest BCUT2D eigenvalue weighted by Gasteiger charge is -2.19. The number of pyridine rings is 1. The molecule has 0 bridgehead atoms. The van der Waals surface area contributed by atoms with Crippen LogP contribution in [-0.2, 0) is 6.42 Å². The summed E-state index contributed by atoms with van der Waals surface area (Å²) >= 11 is 2.03. The summed E-state index contributed by atoms with van der Waals surface area (Å²) in [4.78, 5) is 4.18. The van der Waals surface area contributed by atoms with Crippen LogP contribution in [0, 0.1) is 0 Å². The molecule has 0 radical (unpaired) electrons. The SMILES string of the molecule is CCCNC(CSC(C)C)Cc1cccnc1. The van der Waals surface area contributed by atoms with Crippen molar-refractivity contribution in [2.24, 2.45) is 0 Å². The Labute approximate surface area is 110 Å². The molecule has 0 aliphatic heterocycles. The number of nitrogens with zero attached hydrogens (tertiary/aromatic N) is 1. The number of rotatable bonds is 8. The second-order valence-corrected chi connectivity index (χ2v) is 6.21. The fourth-order valence-electron chi connectivity index (χ4n) is 1.65. The summed E-state index contributed by atoms with van der Waals surface area (Å²) in [5, 5.41) is 4.33. The Morgan fingerprint density at radius 3 is 2.82 bits per heavy atom. The molecule has 17 heavy (non-hydrogen) atoms. The van der Waals surface area contributed by atoms with Gasteiger partial charge in [-0.1, -0.05) is 26.8 Å². The van der Waals surface area contributed by atoms with E-state index in [0.717, 1.165) is 13.0 Å². The Bertz CT molecular complexity index is 288. The van der Waals surface area contributed by atoms with Gasteiger partial charge in [-0.05, 0) is 36.3 Å². The molecule has 0 fully saturated rings. The van der Waals surface area contributed by atoms with Gasteiger partial charge in [0.15, 0.2) is 0 Å². The molecule has 0 aromatic carbocycles. The van der Waals surface area contributed by atoms with E-state index in [1.807, 2.05) is 30.2 Å². The third kappa shape index (κ3) is 6.69. The molecule has 0 aliphatic carbocycles. The van der Waals surface area contributed by atoms with E-state index < -0.39 is 0 Å². The van der Waals surface area contributed by atoms with Crippen LogP contribution in [0.15, 0.2) is 24.5 Å². The van der Waals surface area contributed by atoms with Crippen molar-refractivity contribution in [1.82, 2.24) is 10.3 Å². The van der Waals surface area contributed by atoms with E-state index in [4.69, 9.17) is 0 Å². The number of hydrogen-bond donors (Lipinski definition) is 1. The van der Waals surface area contributed by atoms with Crippen LogP contribution in [0.3, 0.4) is 0 Å². The normalized spacial score (nSPS) is 12.9. The highest BCUT2D eigenvalue weighted by molar-refractivity contribution is 7.99. The van der Waals surface area contributed by atoms with Gasteiger partial charge in [0.1, 0.15) is 0 Å². The van der Waals surface area contributed by atoms with Crippen LogP contribution in [-0.4, -0.2) is 28.6 Å². The zero-order valence-corrected chi connectivity index (χ0v) is 12.0. The molecule has 0 amide bonds. The van der Waals surface area contributed by atoms with Crippen molar-refractivity contribution in [3.63, 3.8) is 0 Å². The third-order valence-corrected chi connectivity index (χ3v) is 3.78. The summed E-state index contributed by atoms with van der Waals surface area (Å²) in [7, 11) is 0. The predicted molar refractivity (Wildman–Crippen MR) is 77.6 cm³/mol. The minimum atomic E-state index is 0.562. The average molecular weight is 252 g/mol. The van der Waals surface area contributed by atoms with Gasteiger partial charge in [0.2, 0.25) is 0 Å². The third-order valence-electron chi connectivity index (χ3n) is 2.52. The van der Waals surface area contributed by atoms with Crippen LogP contribution in [0.2, 0.25) is 0 Å². The second-order valence-electron chi connectivity index (χ2n) is 4.60. The van der Waals surface area contributed by atoms with Crippen molar-refractivity contribution in [2.45, 2.75) is 44.9 Å². The first-order valence-corrected chi connectivity index (χ1v) is 7.51. The fraction of sp³-hybridized carbons (Fsp3) is 0.643. The molecule has 1 N–H and O–H groups in total. The van der Waals surface area contributed by atoms with Gasteiger partial charge in [0.25, 0.3) is 0 Å². The summed E-state index contributed by atoms with van der Waals surface area (Å²) in [5.74, 6) is 1.17. The van der Waals surface area contributed by atoms with Crippen molar-refractivity contribution in [3.8, 4) is 0 Å². The highest BCUT2D eigenvalue weighted by atomic mass is 32.2. The van der Waals surface area contributed by atoms with E-state index in [9.17, 15) is 0 Å². The second kappa shape index (κ2) is 8.54. The topological polar surface area (TPSA) is 24.9 Å². The Morgan fingerprint density at radius 1 is 1.41 bits per heavy atom. The molecule has 0 spiro atoms. The molecule has 3 heteroatoms. The molecule has 2 nitrogen and oxygen atoms in total. The maximum atomic E-state index is 4.18. The van der Waals surface area contributed by atoms with Crippen molar-refractivity contribution in [2.75, 3.05) is 12.3 Å². The first-order valence-electron chi connectivity index (χ1n) is 6.46. The van der Waals surface area contributed by atoms with E-state index in [1.165, 1.54) is 17.7 Å². The molecule has 0 saturated carbocycles.